The Morgan fingerprint density at radius 2 is 2.23 bits per heavy atom. The van der Waals surface area contributed by atoms with Crippen molar-refractivity contribution >= 4 is 0 Å². The number of rotatable bonds is 3. The third-order valence-corrected chi connectivity index (χ3v) is 3.15. The number of hydrogen-bond donors (Lipinski definition) is 1. The fourth-order valence-electron chi connectivity index (χ4n) is 2.22. The molecule has 1 fully saturated rings. The molecule has 13 heavy (non-hydrogen) atoms. The summed E-state index contributed by atoms with van der Waals surface area (Å²) in [7, 11) is 0. The molecule has 74 valence electrons. The van der Waals surface area contributed by atoms with Crippen molar-refractivity contribution in [3.63, 3.8) is 0 Å². The van der Waals surface area contributed by atoms with Gasteiger partial charge in [-0.15, -0.1) is 6.42 Å². The lowest BCUT2D eigenvalue weighted by Crippen LogP contribution is -2.35. The Morgan fingerprint density at radius 3 is 2.85 bits per heavy atom. The summed E-state index contributed by atoms with van der Waals surface area (Å²) in [6.07, 6.45) is 10.6. The molecule has 1 aliphatic carbocycles. The van der Waals surface area contributed by atoms with Crippen LogP contribution in [0.2, 0.25) is 0 Å². The third kappa shape index (κ3) is 3.40. The predicted molar refractivity (Wildman–Crippen MR) is 57.4 cm³/mol. The van der Waals surface area contributed by atoms with Gasteiger partial charge in [-0.2, -0.15) is 0 Å². The quantitative estimate of drug-likeness (QED) is 0.656. The molecule has 0 radical (unpaired) electrons. The zero-order chi connectivity index (χ0) is 9.68. The monoisotopic (exact) mass is 179 g/mol. The number of hydrogen-bond acceptors (Lipinski definition) is 1. The van der Waals surface area contributed by atoms with Gasteiger partial charge in [0.1, 0.15) is 0 Å². The lowest BCUT2D eigenvalue weighted by Gasteiger charge is -2.31. The van der Waals surface area contributed by atoms with Crippen molar-refractivity contribution in [2.75, 3.05) is 6.54 Å². The summed E-state index contributed by atoms with van der Waals surface area (Å²) < 4.78 is 0. The third-order valence-electron chi connectivity index (χ3n) is 3.15. The molecule has 0 spiro atoms. The van der Waals surface area contributed by atoms with E-state index in [9.17, 15) is 0 Å². The van der Waals surface area contributed by atoms with Crippen LogP contribution in [0.1, 0.15) is 39.5 Å². The van der Waals surface area contributed by atoms with Gasteiger partial charge in [0.05, 0.1) is 6.54 Å². The average molecular weight is 179 g/mol. The predicted octanol–water partition coefficient (Wildman–Crippen LogP) is 2.42. The molecule has 1 N–H and O–H groups in total. The van der Waals surface area contributed by atoms with E-state index >= 15 is 0 Å². The van der Waals surface area contributed by atoms with Crippen LogP contribution >= 0.6 is 0 Å². The van der Waals surface area contributed by atoms with E-state index in [4.69, 9.17) is 6.42 Å². The van der Waals surface area contributed by atoms with Crippen LogP contribution in [0.15, 0.2) is 0 Å². The van der Waals surface area contributed by atoms with Crippen LogP contribution in [0.4, 0.5) is 0 Å². The molecule has 1 nitrogen and oxygen atoms in total. The lowest BCUT2D eigenvalue weighted by molar-refractivity contribution is 0.235. The van der Waals surface area contributed by atoms with Crippen LogP contribution in [0, 0.1) is 24.2 Å². The van der Waals surface area contributed by atoms with Crippen molar-refractivity contribution in [2.45, 2.75) is 45.6 Å². The highest BCUT2D eigenvalue weighted by Gasteiger charge is 2.23. The van der Waals surface area contributed by atoms with E-state index in [0.29, 0.717) is 6.04 Å². The fourth-order valence-corrected chi connectivity index (χ4v) is 2.22. The van der Waals surface area contributed by atoms with Crippen LogP contribution < -0.4 is 5.32 Å². The zero-order valence-electron chi connectivity index (χ0n) is 8.84. The summed E-state index contributed by atoms with van der Waals surface area (Å²) in [5.41, 5.74) is 0. The highest BCUT2D eigenvalue weighted by atomic mass is 14.9. The van der Waals surface area contributed by atoms with E-state index in [1.54, 1.807) is 0 Å². The standard InChI is InChI=1S/C12H21N/c1-4-8-13-12-7-5-6-11(9-12)10(2)3/h1,10-13H,5-9H2,2-3H3. The van der Waals surface area contributed by atoms with Gasteiger partial charge in [-0.25, -0.2) is 0 Å². The second-order valence-electron chi connectivity index (χ2n) is 4.45. The van der Waals surface area contributed by atoms with Crippen molar-refractivity contribution in [2.24, 2.45) is 11.8 Å². The van der Waals surface area contributed by atoms with E-state index < -0.39 is 0 Å². The minimum atomic E-state index is 0.678. The molecule has 0 aliphatic heterocycles. The van der Waals surface area contributed by atoms with E-state index in [1.807, 2.05) is 0 Å². The van der Waals surface area contributed by atoms with Gasteiger partial charge in [0.25, 0.3) is 0 Å². The molecule has 2 unspecified atom stereocenters. The minimum Gasteiger partial charge on any atom is -0.303 e. The molecule has 0 amide bonds. The van der Waals surface area contributed by atoms with E-state index in [-0.39, 0.29) is 0 Å². The molecular weight excluding hydrogens is 158 g/mol. The van der Waals surface area contributed by atoms with E-state index in [2.05, 4.69) is 25.1 Å². The number of nitrogens with one attached hydrogen (secondary N) is 1. The average Bonchev–Trinajstić information content (AvgIpc) is 2.15. The van der Waals surface area contributed by atoms with E-state index in [1.165, 1.54) is 25.7 Å². The van der Waals surface area contributed by atoms with Crippen LogP contribution in [-0.4, -0.2) is 12.6 Å². The van der Waals surface area contributed by atoms with Crippen molar-refractivity contribution in [3.8, 4) is 12.3 Å². The van der Waals surface area contributed by atoms with Gasteiger partial charge in [-0.05, 0) is 24.7 Å². The molecule has 0 aromatic heterocycles. The van der Waals surface area contributed by atoms with Crippen LogP contribution in [-0.2, 0) is 0 Å². The molecule has 0 aromatic rings. The molecule has 1 saturated carbocycles. The summed E-state index contributed by atoms with van der Waals surface area (Å²) in [5.74, 6) is 4.38. The molecular formula is C12H21N. The Kier molecular flexibility index (Phi) is 4.32. The molecule has 0 bridgehead atoms. The van der Waals surface area contributed by atoms with Gasteiger partial charge >= 0.3 is 0 Å². The van der Waals surface area contributed by atoms with Crippen molar-refractivity contribution < 1.29 is 0 Å². The second-order valence-corrected chi connectivity index (χ2v) is 4.45. The topological polar surface area (TPSA) is 12.0 Å². The SMILES string of the molecule is C#CCNC1CCCC(C(C)C)C1. The minimum absolute atomic E-state index is 0.678. The first-order valence-corrected chi connectivity index (χ1v) is 5.41. The highest BCUT2D eigenvalue weighted by molar-refractivity contribution is 4.89. The van der Waals surface area contributed by atoms with Gasteiger partial charge in [-0.1, -0.05) is 32.6 Å². The summed E-state index contributed by atoms with van der Waals surface area (Å²) in [4.78, 5) is 0. The molecule has 0 heterocycles. The van der Waals surface area contributed by atoms with Crippen LogP contribution in [0.3, 0.4) is 0 Å². The first-order chi connectivity index (χ1) is 6.24. The Balaban J connectivity index is 2.29. The molecule has 1 rings (SSSR count). The zero-order valence-corrected chi connectivity index (χ0v) is 8.84. The highest BCUT2D eigenvalue weighted by Crippen LogP contribution is 2.29. The Hall–Kier alpha value is -0.480. The summed E-state index contributed by atoms with van der Waals surface area (Å²) in [6.45, 7) is 5.39. The smallest absolute Gasteiger partial charge is 0.0575 e. The van der Waals surface area contributed by atoms with Gasteiger partial charge in [-0.3, -0.25) is 0 Å². The fraction of sp³-hybridized carbons (Fsp3) is 0.833. The largest absolute Gasteiger partial charge is 0.303 e. The first-order valence-electron chi connectivity index (χ1n) is 5.41. The molecule has 0 aromatic carbocycles. The maximum atomic E-state index is 5.23. The number of terminal acetylenes is 1. The Morgan fingerprint density at radius 1 is 1.46 bits per heavy atom. The summed E-state index contributed by atoms with van der Waals surface area (Å²) in [5, 5.41) is 3.42. The van der Waals surface area contributed by atoms with Gasteiger partial charge in [0.15, 0.2) is 0 Å². The molecule has 1 aliphatic rings. The second kappa shape index (κ2) is 5.29. The van der Waals surface area contributed by atoms with Crippen LogP contribution in [0.25, 0.3) is 0 Å². The normalized spacial score (nSPS) is 28.8. The van der Waals surface area contributed by atoms with Crippen LogP contribution in [0.5, 0.6) is 0 Å². The lowest BCUT2D eigenvalue weighted by atomic mass is 9.79. The van der Waals surface area contributed by atoms with Gasteiger partial charge < -0.3 is 5.32 Å². The molecule has 2 atom stereocenters. The summed E-state index contributed by atoms with van der Waals surface area (Å²) >= 11 is 0. The Bertz CT molecular complexity index is 178. The maximum absolute atomic E-state index is 5.23. The van der Waals surface area contributed by atoms with Gasteiger partial charge in [0.2, 0.25) is 0 Å². The Labute approximate surface area is 82.3 Å². The van der Waals surface area contributed by atoms with Crippen molar-refractivity contribution in [1.29, 1.82) is 0 Å². The first kappa shape index (κ1) is 10.6. The van der Waals surface area contributed by atoms with E-state index in [0.717, 1.165) is 18.4 Å². The summed E-state index contributed by atoms with van der Waals surface area (Å²) in [6, 6.07) is 0.678. The maximum Gasteiger partial charge on any atom is 0.0575 e. The van der Waals surface area contributed by atoms with Crippen molar-refractivity contribution in [1.82, 2.24) is 5.32 Å². The van der Waals surface area contributed by atoms with Gasteiger partial charge in [0, 0.05) is 6.04 Å². The molecule has 0 saturated heterocycles. The van der Waals surface area contributed by atoms with Crippen molar-refractivity contribution in [3.05, 3.63) is 0 Å². The molecule has 1 heteroatoms.